The lowest BCUT2D eigenvalue weighted by molar-refractivity contribution is -0.290. The number of carbonyl (C=O) groups excluding carboxylic acids is 1. The summed E-state index contributed by atoms with van der Waals surface area (Å²) in [6, 6.07) is -2.89. The number of hydrogen-bond acceptors (Lipinski definition) is 16. The summed E-state index contributed by atoms with van der Waals surface area (Å²) in [5.41, 5.74) is 24.7. The largest absolute Gasteiger partial charge is 0.394 e. The van der Waals surface area contributed by atoms with Crippen molar-refractivity contribution in [3.05, 3.63) is 0 Å². The smallest absolute Gasteiger partial charge is 0.249 e. The Kier molecular flexibility index (Phi) is 13.7. The van der Waals surface area contributed by atoms with E-state index in [2.05, 4.69) is 5.32 Å². The highest BCUT2D eigenvalue weighted by molar-refractivity contribution is 5.80. The van der Waals surface area contributed by atoms with E-state index in [1.165, 1.54) is 0 Å². The number of amides is 1. The first-order valence-corrected chi connectivity index (χ1v) is 16.0. The first kappa shape index (κ1) is 36.7. The standard InChI is InChI=1S/C28H53N5O12/c1-2-3-18(36)25(39)33-17-8-16(32)22(43-27-15(31)7-5-13(10-34)41-27)24(20(17)37)45-28-21(38)23(19(11-35)42-28)44-26-14(30)6-4-12(9-29)40-26/h12-24,26-28,34-38H,2-11,29-32H2,1H3,(H,33,39)/t12-,13+,14-,15-,16+,17-,18+,19?,20+,21-,22-,23-,24-,26-,27-,28+/m1/s1. The van der Waals surface area contributed by atoms with Gasteiger partial charge in [-0.1, -0.05) is 13.3 Å². The highest BCUT2D eigenvalue weighted by atomic mass is 16.8. The van der Waals surface area contributed by atoms with Crippen molar-refractivity contribution in [3.8, 4) is 0 Å². The number of aliphatic hydroxyl groups is 5. The number of carbonyl (C=O) groups is 1. The van der Waals surface area contributed by atoms with Gasteiger partial charge in [0.25, 0.3) is 0 Å². The molecule has 0 aromatic rings. The Hall–Kier alpha value is -1.13. The molecule has 262 valence electrons. The fourth-order valence-electron chi connectivity index (χ4n) is 6.31. The number of nitrogens with one attached hydrogen (secondary N) is 1. The number of hydrogen-bond donors (Lipinski definition) is 10. The maximum atomic E-state index is 12.7. The minimum absolute atomic E-state index is 0.0416. The summed E-state index contributed by atoms with van der Waals surface area (Å²) in [4.78, 5) is 12.7. The molecule has 17 heteroatoms. The van der Waals surface area contributed by atoms with Gasteiger partial charge in [-0.15, -0.1) is 0 Å². The molecule has 1 saturated carbocycles. The molecule has 0 spiro atoms. The van der Waals surface area contributed by atoms with E-state index in [9.17, 15) is 30.3 Å². The zero-order chi connectivity index (χ0) is 32.8. The number of ether oxygens (including phenoxy) is 6. The predicted molar refractivity (Wildman–Crippen MR) is 156 cm³/mol. The number of rotatable bonds is 13. The van der Waals surface area contributed by atoms with Gasteiger partial charge >= 0.3 is 0 Å². The van der Waals surface area contributed by atoms with Gasteiger partial charge in [-0.05, 0) is 38.5 Å². The molecule has 0 radical (unpaired) electrons. The van der Waals surface area contributed by atoms with Crippen LogP contribution in [0.15, 0.2) is 0 Å². The maximum Gasteiger partial charge on any atom is 0.249 e. The van der Waals surface area contributed by atoms with Crippen LogP contribution < -0.4 is 28.3 Å². The molecular weight excluding hydrogens is 598 g/mol. The van der Waals surface area contributed by atoms with Crippen LogP contribution in [0.4, 0.5) is 0 Å². The Morgan fingerprint density at radius 1 is 0.822 bits per heavy atom. The molecule has 1 unspecified atom stereocenters. The van der Waals surface area contributed by atoms with Gasteiger partial charge in [0.05, 0.1) is 43.5 Å². The Balaban J connectivity index is 1.53. The molecular formula is C28H53N5O12. The second-order valence-electron chi connectivity index (χ2n) is 12.5. The molecule has 14 N–H and O–H groups in total. The van der Waals surface area contributed by atoms with Gasteiger partial charge in [0.2, 0.25) is 5.91 Å². The van der Waals surface area contributed by atoms with Crippen LogP contribution in [-0.2, 0) is 33.2 Å². The summed E-state index contributed by atoms with van der Waals surface area (Å²) in [6.07, 6.45) is -9.87. The van der Waals surface area contributed by atoms with E-state index < -0.39 is 104 Å². The third-order valence-electron chi connectivity index (χ3n) is 9.02. The lowest BCUT2D eigenvalue weighted by Gasteiger charge is -2.46. The van der Waals surface area contributed by atoms with E-state index in [0.29, 0.717) is 32.1 Å². The van der Waals surface area contributed by atoms with Gasteiger partial charge in [-0.25, -0.2) is 0 Å². The van der Waals surface area contributed by atoms with Crippen molar-refractivity contribution in [2.24, 2.45) is 22.9 Å². The molecule has 0 aromatic carbocycles. The second-order valence-corrected chi connectivity index (χ2v) is 12.5. The third-order valence-corrected chi connectivity index (χ3v) is 9.02. The summed E-state index contributed by atoms with van der Waals surface area (Å²) < 4.78 is 35.9. The van der Waals surface area contributed by atoms with E-state index >= 15 is 0 Å². The Morgan fingerprint density at radius 3 is 2.02 bits per heavy atom. The summed E-state index contributed by atoms with van der Waals surface area (Å²) in [7, 11) is 0. The van der Waals surface area contributed by atoms with E-state index in [0.717, 1.165) is 0 Å². The number of aliphatic hydroxyl groups excluding tert-OH is 5. The summed E-state index contributed by atoms with van der Waals surface area (Å²) in [5.74, 6) is -0.680. The minimum atomic E-state index is -1.48. The van der Waals surface area contributed by atoms with Crippen molar-refractivity contribution in [1.82, 2.24) is 5.32 Å². The van der Waals surface area contributed by atoms with Gasteiger partial charge in [0, 0.05) is 12.6 Å². The van der Waals surface area contributed by atoms with Crippen molar-refractivity contribution in [2.75, 3.05) is 19.8 Å². The zero-order valence-electron chi connectivity index (χ0n) is 25.7. The van der Waals surface area contributed by atoms with Crippen LogP contribution in [0.2, 0.25) is 0 Å². The summed E-state index contributed by atoms with van der Waals surface area (Å²) in [5, 5.41) is 55.4. The van der Waals surface area contributed by atoms with Crippen LogP contribution in [-0.4, -0.2) is 149 Å². The van der Waals surface area contributed by atoms with Crippen LogP contribution in [0.3, 0.4) is 0 Å². The van der Waals surface area contributed by atoms with Gasteiger partial charge < -0.3 is 82.2 Å². The molecule has 3 saturated heterocycles. The Labute approximate surface area is 262 Å². The van der Waals surface area contributed by atoms with Gasteiger partial charge in [0.15, 0.2) is 18.9 Å². The maximum absolute atomic E-state index is 12.7. The van der Waals surface area contributed by atoms with Crippen molar-refractivity contribution < 1.29 is 58.7 Å². The molecule has 4 fully saturated rings. The zero-order valence-corrected chi connectivity index (χ0v) is 25.7. The second kappa shape index (κ2) is 16.8. The highest BCUT2D eigenvalue weighted by Gasteiger charge is 2.53. The van der Waals surface area contributed by atoms with Gasteiger partial charge in [-0.3, -0.25) is 4.79 Å². The molecule has 3 heterocycles. The summed E-state index contributed by atoms with van der Waals surface area (Å²) >= 11 is 0. The van der Waals surface area contributed by atoms with E-state index in [1.807, 2.05) is 6.92 Å². The Bertz CT molecular complexity index is 927. The summed E-state index contributed by atoms with van der Waals surface area (Å²) in [6.45, 7) is 1.29. The highest BCUT2D eigenvalue weighted by Crippen LogP contribution is 2.34. The number of nitrogens with two attached hydrogens (primary N) is 4. The molecule has 16 atom stereocenters. The van der Waals surface area contributed by atoms with E-state index in [1.54, 1.807) is 0 Å². The first-order valence-electron chi connectivity index (χ1n) is 16.0. The molecule has 4 aliphatic rings. The molecule has 0 bridgehead atoms. The van der Waals surface area contributed by atoms with Gasteiger partial charge in [0.1, 0.15) is 42.7 Å². The monoisotopic (exact) mass is 651 g/mol. The fourth-order valence-corrected chi connectivity index (χ4v) is 6.31. The van der Waals surface area contributed by atoms with E-state index in [4.69, 9.17) is 51.4 Å². The molecule has 1 amide bonds. The van der Waals surface area contributed by atoms with Crippen LogP contribution in [0.5, 0.6) is 0 Å². The molecule has 0 aromatic heterocycles. The molecule has 1 aliphatic carbocycles. The Morgan fingerprint density at radius 2 is 1.42 bits per heavy atom. The van der Waals surface area contributed by atoms with Crippen LogP contribution >= 0.6 is 0 Å². The van der Waals surface area contributed by atoms with Gasteiger partial charge in [-0.2, -0.15) is 0 Å². The van der Waals surface area contributed by atoms with Crippen LogP contribution in [0.1, 0.15) is 51.9 Å². The SMILES string of the molecule is CCC[C@H](O)C(=O)N[C@@H]1C[C@H](N)[C@@H](O[C@H]2O[C@H](CO)CC[C@H]2N)[C@H](O[C@@H]2OC(CO)[C@@H](O[C@H]3O[C@@H](CN)CC[C@H]3N)[C@H]2O)[C@H]1O. The average molecular weight is 652 g/mol. The topological polar surface area (TPSA) is 290 Å². The normalized spacial score (nSPS) is 44.9. The van der Waals surface area contributed by atoms with Crippen LogP contribution in [0.25, 0.3) is 0 Å². The quantitative estimate of drug-likeness (QED) is 0.0899. The molecule has 4 rings (SSSR count). The van der Waals surface area contributed by atoms with Crippen molar-refractivity contribution in [2.45, 2.75) is 150 Å². The van der Waals surface area contributed by atoms with Crippen molar-refractivity contribution in [3.63, 3.8) is 0 Å². The van der Waals surface area contributed by atoms with E-state index in [-0.39, 0.29) is 32.1 Å². The first-order chi connectivity index (χ1) is 21.5. The van der Waals surface area contributed by atoms with Crippen molar-refractivity contribution >= 4 is 5.91 Å². The fraction of sp³-hybridized carbons (Fsp3) is 0.964. The average Bonchev–Trinajstić information content (AvgIpc) is 3.32. The third kappa shape index (κ3) is 8.87. The predicted octanol–water partition coefficient (Wildman–Crippen LogP) is -4.43. The molecule has 17 nitrogen and oxygen atoms in total. The minimum Gasteiger partial charge on any atom is -0.394 e. The molecule has 45 heavy (non-hydrogen) atoms. The van der Waals surface area contributed by atoms with Crippen LogP contribution in [0, 0.1) is 0 Å². The lowest BCUT2D eigenvalue weighted by Crippen LogP contribution is -2.67. The lowest BCUT2D eigenvalue weighted by atomic mass is 9.83. The molecule has 3 aliphatic heterocycles. The van der Waals surface area contributed by atoms with Crippen molar-refractivity contribution in [1.29, 1.82) is 0 Å².